The highest BCUT2D eigenvalue weighted by atomic mass is 16.5. The number of aromatic nitrogens is 1. The van der Waals surface area contributed by atoms with E-state index in [-0.39, 0.29) is 12.5 Å². The molecule has 0 atom stereocenters. The number of carbonyl (C=O) groups excluding carboxylic acids is 1. The second kappa shape index (κ2) is 9.70. The molecule has 0 aliphatic heterocycles. The zero-order valence-electron chi connectivity index (χ0n) is 16.5. The Kier molecular flexibility index (Phi) is 6.79. The zero-order chi connectivity index (χ0) is 19.8. The van der Waals surface area contributed by atoms with Crippen LogP contribution in [-0.4, -0.2) is 5.91 Å². The van der Waals surface area contributed by atoms with Gasteiger partial charge in [-0.25, -0.2) is 0 Å². The molecular weight excluding hydrogens is 348 g/mol. The Balaban J connectivity index is 1.65. The zero-order valence-corrected chi connectivity index (χ0v) is 16.5. The molecular formula is C24H27N2O2+. The minimum Gasteiger partial charge on any atom is -0.455 e. The largest absolute Gasteiger partial charge is 0.455 e. The van der Waals surface area contributed by atoms with Crippen LogP contribution in [0.15, 0.2) is 79.1 Å². The molecule has 0 saturated carbocycles. The summed E-state index contributed by atoms with van der Waals surface area (Å²) >= 11 is 0. The van der Waals surface area contributed by atoms with Gasteiger partial charge in [0, 0.05) is 12.1 Å². The Morgan fingerprint density at radius 1 is 0.929 bits per heavy atom. The number of hydrogen-bond acceptors (Lipinski definition) is 2. The molecule has 0 unspecified atom stereocenters. The molecule has 144 valence electrons. The van der Waals surface area contributed by atoms with Crippen molar-refractivity contribution in [2.45, 2.75) is 39.2 Å². The molecule has 1 heterocycles. The monoisotopic (exact) mass is 375 g/mol. The van der Waals surface area contributed by atoms with Crippen molar-refractivity contribution in [1.29, 1.82) is 0 Å². The van der Waals surface area contributed by atoms with E-state index in [9.17, 15) is 4.79 Å². The highest BCUT2D eigenvalue weighted by molar-refractivity contribution is 5.91. The highest BCUT2D eigenvalue weighted by Gasteiger charge is 2.14. The van der Waals surface area contributed by atoms with E-state index in [0.717, 1.165) is 18.6 Å². The van der Waals surface area contributed by atoms with Crippen molar-refractivity contribution in [2.75, 3.05) is 5.32 Å². The molecule has 0 radical (unpaired) electrons. The smallest absolute Gasteiger partial charge is 0.290 e. The van der Waals surface area contributed by atoms with Crippen LogP contribution < -0.4 is 14.6 Å². The summed E-state index contributed by atoms with van der Waals surface area (Å²) in [6.07, 6.45) is 6.19. The average Bonchev–Trinajstić information content (AvgIpc) is 2.72. The number of benzene rings is 2. The average molecular weight is 375 g/mol. The minimum absolute atomic E-state index is 0.0932. The maximum absolute atomic E-state index is 12.5. The summed E-state index contributed by atoms with van der Waals surface area (Å²) in [5, 5.41) is 2.95. The summed E-state index contributed by atoms with van der Waals surface area (Å²) < 4.78 is 7.80. The highest BCUT2D eigenvalue weighted by Crippen LogP contribution is 2.29. The molecule has 1 amide bonds. The number of pyridine rings is 1. The van der Waals surface area contributed by atoms with Crippen LogP contribution in [0, 0.1) is 0 Å². The van der Waals surface area contributed by atoms with Crippen molar-refractivity contribution in [1.82, 2.24) is 0 Å². The van der Waals surface area contributed by atoms with Crippen LogP contribution in [0.4, 0.5) is 5.69 Å². The molecule has 4 nitrogen and oxygen atoms in total. The van der Waals surface area contributed by atoms with E-state index in [4.69, 9.17) is 4.74 Å². The van der Waals surface area contributed by atoms with Gasteiger partial charge in [-0.3, -0.25) is 4.79 Å². The number of hydrogen-bond donors (Lipinski definition) is 1. The van der Waals surface area contributed by atoms with Crippen LogP contribution in [0.2, 0.25) is 0 Å². The van der Waals surface area contributed by atoms with Crippen molar-refractivity contribution in [3.63, 3.8) is 0 Å². The fourth-order valence-corrected chi connectivity index (χ4v) is 3.24. The lowest BCUT2D eigenvalue weighted by atomic mass is 9.95. The van der Waals surface area contributed by atoms with Crippen LogP contribution in [0.5, 0.6) is 11.5 Å². The normalized spacial score (nSPS) is 10.7. The van der Waals surface area contributed by atoms with E-state index in [1.165, 1.54) is 5.56 Å². The van der Waals surface area contributed by atoms with Gasteiger partial charge in [0.25, 0.3) is 5.91 Å². The number of carbonyl (C=O) groups is 1. The predicted octanol–water partition coefficient (Wildman–Crippen LogP) is 5.31. The molecule has 0 saturated heterocycles. The van der Waals surface area contributed by atoms with Crippen molar-refractivity contribution in [3.05, 3.63) is 84.7 Å². The lowest BCUT2D eigenvalue weighted by molar-refractivity contribution is -0.684. The summed E-state index contributed by atoms with van der Waals surface area (Å²) in [5.74, 6) is 1.83. The van der Waals surface area contributed by atoms with Crippen molar-refractivity contribution < 1.29 is 14.1 Å². The summed E-state index contributed by atoms with van der Waals surface area (Å²) in [4.78, 5) is 12.5. The van der Waals surface area contributed by atoms with E-state index in [1.807, 2.05) is 71.6 Å². The topological polar surface area (TPSA) is 42.2 Å². The van der Waals surface area contributed by atoms with Gasteiger partial charge in [0.1, 0.15) is 5.75 Å². The molecule has 2 aromatic carbocycles. The summed E-state index contributed by atoms with van der Waals surface area (Å²) in [5.41, 5.74) is 1.98. The predicted molar refractivity (Wildman–Crippen MR) is 112 cm³/mol. The number of anilines is 1. The first-order valence-corrected chi connectivity index (χ1v) is 9.80. The van der Waals surface area contributed by atoms with Gasteiger partial charge >= 0.3 is 0 Å². The number of nitrogens with one attached hydrogen (secondary N) is 1. The van der Waals surface area contributed by atoms with Crippen LogP contribution in [0.25, 0.3) is 0 Å². The van der Waals surface area contributed by atoms with E-state index >= 15 is 0 Å². The molecule has 4 heteroatoms. The maximum atomic E-state index is 12.5. The molecule has 0 aliphatic rings. The second-order valence-electron chi connectivity index (χ2n) is 6.78. The molecule has 0 spiro atoms. The number of rotatable bonds is 8. The Hall–Kier alpha value is -3.14. The SMILES string of the molecule is CCC(CC)c1cc[n+](CC(=O)Nc2ccccc2Oc2ccccc2)cc1. The Labute approximate surface area is 166 Å². The van der Waals surface area contributed by atoms with Gasteiger partial charge in [-0.05, 0) is 48.6 Å². The first-order chi connectivity index (χ1) is 13.7. The first kappa shape index (κ1) is 19.6. The molecule has 3 rings (SSSR count). The molecule has 1 N–H and O–H groups in total. The molecule has 28 heavy (non-hydrogen) atoms. The molecule has 0 fully saturated rings. The molecule has 0 bridgehead atoms. The van der Waals surface area contributed by atoms with Crippen LogP contribution in [0.1, 0.15) is 38.2 Å². The van der Waals surface area contributed by atoms with E-state index in [0.29, 0.717) is 17.4 Å². The standard InChI is InChI=1S/C24H26N2O2/c1-3-19(4-2)20-14-16-26(17-15-20)18-24(27)25-22-12-8-9-13-23(22)28-21-10-6-5-7-11-21/h5-17,19H,3-4,18H2,1-2H3/p+1. The van der Waals surface area contributed by atoms with E-state index in [2.05, 4.69) is 31.3 Å². The Bertz CT molecular complexity index is 888. The van der Waals surface area contributed by atoms with Crippen LogP contribution in [-0.2, 0) is 11.3 Å². The van der Waals surface area contributed by atoms with Crippen molar-refractivity contribution in [3.8, 4) is 11.5 Å². The fourth-order valence-electron chi connectivity index (χ4n) is 3.24. The lowest BCUT2D eigenvalue weighted by Crippen LogP contribution is -2.39. The van der Waals surface area contributed by atoms with E-state index < -0.39 is 0 Å². The number of amides is 1. The third kappa shape index (κ3) is 5.19. The van der Waals surface area contributed by atoms with Gasteiger partial charge in [0.2, 0.25) is 6.54 Å². The Morgan fingerprint density at radius 3 is 2.25 bits per heavy atom. The second-order valence-corrected chi connectivity index (χ2v) is 6.78. The Morgan fingerprint density at radius 2 is 1.57 bits per heavy atom. The summed E-state index contributed by atoms with van der Waals surface area (Å²) in [6, 6.07) is 21.2. The van der Waals surface area contributed by atoms with Gasteiger partial charge in [0.15, 0.2) is 18.1 Å². The molecule has 0 aliphatic carbocycles. The number of nitrogens with zero attached hydrogens (tertiary/aromatic N) is 1. The van der Waals surface area contributed by atoms with Gasteiger partial charge in [-0.15, -0.1) is 0 Å². The van der Waals surface area contributed by atoms with Crippen molar-refractivity contribution in [2.24, 2.45) is 0 Å². The summed E-state index contributed by atoms with van der Waals surface area (Å²) in [6.45, 7) is 4.66. The van der Waals surface area contributed by atoms with Gasteiger partial charge in [0.05, 0.1) is 5.69 Å². The first-order valence-electron chi connectivity index (χ1n) is 9.80. The van der Waals surface area contributed by atoms with Crippen LogP contribution >= 0.6 is 0 Å². The minimum atomic E-state index is -0.0932. The van der Waals surface area contributed by atoms with Crippen molar-refractivity contribution >= 4 is 11.6 Å². The number of ether oxygens (including phenoxy) is 1. The van der Waals surface area contributed by atoms with Gasteiger partial charge in [-0.1, -0.05) is 44.2 Å². The lowest BCUT2D eigenvalue weighted by Gasteiger charge is -2.12. The molecule has 1 aromatic heterocycles. The quantitative estimate of drug-likeness (QED) is 0.542. The third-order valence-corrected chi connectivity index (χ3v) is 4.83. The number of para-hydroxylation sites is 3. The third-order valence-electron chi connectivity index (χ3n) is 4.83. The maximum Gasteiger partial charge on any atom is 0.290 e. The van der Waals surface area contributed by atoms with Gasteiger partial charge in [-0.2, -0.15) is 4.57 Å². The van der Waals surface area contributed by atoms with E-state index in [1.54, 1.807) is 0 Å². The van der Waals surface area contributed by atoms with Gasteiger partial charge < -0.3 is 10.1 Å². The molecule has 3 aromatic rings. The fraction of sp³-hybridized carbons (Fsp3) is 0.250. The van der Waals surface area contributed by atoms with Crippen LogP contribution in [0.3, 0.4) is 0 Å². The summed E-state index contributed by atoms with van der Waals surface area (Å²) in [7, 11) is 0.